The number of anilines is 1. The van der Waals surface area contributed by atoms with E-state index in [1.807, 2.05) is 5.38 Å². The van der Waals surface area contributed by atoms with E-state index in [1.165, 1.54) is 36.7 Å². The molecule has 1 aliphatic rings. The average molecular weight is 414 g/mol. The van der Waals surface area contributed by atoms with E-state index in [0.29, 0.717) is 28.6 Å². The van der Waals surface area contributed by atoms with Crippen LogP contribution in [0, 0.1) is 5.82 Å². The fraction of sp³-hybridized carbons (Fsp3) is 0.364. The summed E-state index contributed by atoms with van der Waals surface area (Å²) in [5.74, 6) is 0.701. The van der Waals surface area contributed by atoms with Gasteiger partial charge in [-0.15, -0.1) is 11.3 Å². The van der Waals surface area contributed by atoms with Gasteiger partial charge >= 0.3 is 0 Å². The Morgan fingerprint density at radius 2 is 2.00 bits per heavy atom. The van der Waals surface area contributed by atoms with Crippen LogP contribution < -0.4 is 5.32 Å². The molecule has 0 bridgehead atoms. The smallest absolute Gasteiger partial charge is 0.226 e. The molecule has 1 aliphatic heterocycles. The summed E-state index contributed by atoms with van der Waals surface area (Å²) in [6, 6.07) is 10.0. The molecule has 1 aromatic carbocycles. The third kappa shape index (κ3) is 5.31. The summed E-state index contributed by atoms with van der Waals surface area (Å²) in [5.41, 5.74) is 1.43. The van der Waals surface area contributed by atoms with Gasteiger partial charge in [-0.3, -0.25) is 9.69 Å². The van der Waals surface area contributed by atoms with E-state index in [-0.39, 0.29) is 18.1 Å². The van der Waals surface area contributed by atoms with Crippen LogP contribution in [0.15, 0.2) is 46.2 Å². The van der Waals surface area contributed by atoms with E-state index in [4.69, 9.17) is 4.42 Å². The van der Waals surface area contributed by atoms with E-state index < -0.39 is 0 Å². The van der Waals surface area contributed by atoms with Crippen LogP contribution in [-0.4, -0.2) is 28.9 Å². The summed E-state index contributed by atoms with van der Waals surface area (Å²) in [5, 5.41) is 5.51. The van der Waals surface area contributed by atoms with Crippen LogP contribution in [0.5, 0.6) is 0 Å². The lowest BCUT2D eigenvalue weighted by atomic mass is 10.1. The molecule has 1 saturated heterocycles. The molecule has 3 aromatic rings. The number of hydrogen-bond acceptors (Lipinski definition) is 5. The Balaban J connectivity index is 1.27. The predicted octanol–water partition coefficient (Wildman–Crippen LogP) is 5.10. The van der Waals surface area contributed by atoms with Gasteiger partial charge in [0, 0.05) is 24.8 Å². The van der Waals surface area contributed by atoms with E-state index >= 15 is 0 Å². The Morgan fingerprint density at radius 3 is 2.83 bits per heavy atom. The number of thiazole rings is 1. The zero-order valence-corrected chi connectivity index (χ0v) is 17.0. The number of nitrogens with zero attached hydrogens (tertiary/aromatic N) is 2. The molecule has 152 valence electrons. The largest absolute Gasteiger partial charge is 0.461 e. The van der Waals surface area contributed by atoms with Gasteiger partial charge in [0.15, 0.2) is 5.13 Å². The van der Waals surface area contributed by atoms with Crippen LogP contribution in [0.4, 0.5) is 9.52 Å². The highest BCUT2D eigenvalue weighted by molar-refractivity contribution is 7.13. The van der Waals surface area contributed by atoms with Gasteiger partial charge < -0.3 is 9.73 Å². The zero-order chi connectivity index (χ0) is 20.1. The van der Waals surface area contributed by atoms with Crippen molar-refractivity contribution in [1.82, 2.24) is 9.88 Å². The Morgan fingerprint density at radius 1 is 1.17 bits per heavy atom. The SMILES string of the molecule is O=C(CCc1ccc(-c2ccccc2F)o1)Nc1nc(CN2CCCCC2)cs1. The van der Waals surface area contributed by atoms with Crippen molar-refractivity contribution in [3.05, 3.63) is 59.0 Å². The monoisotopic (exact) mass is 413 g/mol. The third-order valence-electron chi connectivity index (χ3n) is 5.03. The average Bonchev–Trinajstić information content (AvgIpc) is 3.37. The summed E-state index contributed by atoms with van der Waals surface area (Å²) in [4.78, 5) is 19.2. The first-order valence-electron chi connectivity index (χ1n) is 9.97. The van der Waals surface area contributed by atoms with Crippen molar-refractivity contribution in [2.24, 2.45) is 0 Å². The lowest BCUT2D eigenvalue weighted by Crippen LogP contribution is -2.29. The van der Waals surface area contributed by atoms with Crippen LogP contribution in [0.25, 0.3) is 11.3 Å². The van der Waals surface area contributed by atoms with Gasteiger partial charge in [0.25, 0.3) is 0 Å². The molecule has 5 nitrogen and oxygen atoms in total. The van der Waals surface area contributed by atoms with Gasteiger partial charge in [-0.2, -0.15) is 0 Å². The first-order valence-corrected chi connectivity index (χ1v) is 10.9. The molecule has 0 saturated carbocycles. The maximum absolute atomic E-state index is 13.9. The number of aromatic nitrogens is 1. The van der Waals surface area contributed by atoms with Gasteiger partial charge in [0.2, 0.25) is 5.91 Å². The van der Waals surface area contributed by atoms with E-state index in [0.717, 1.165) is 25.3 Å². The predicted molar refractivity (Wildman–Crippen MR) is 112 cm³/mol. The minimum atomic E-state index is -0.324. The fourth-order valence-corrected chi connectivity index (χ4v) is 4.24. The highest BCUT2D eigenvalue weighted by atomic mass is 32.1. The second-order valence-corrected chi connectivity index (χ2v) is 8.13. The summed E-state index contributed by atoms with van der Waals surface area (Å²) in [7, 11) is 0. The van der Waals surface area contributed by atoms with Gasteiger partial charge in [0.05, 0.1) is 11.3 Å². The first kappa shape index (κ1) is 19.8. The van der Waals surface area contributed by atoms with E-state index in [9.17, 15) is 9.18 Å². The van der Waals surface area contributed by atoms with Crippen LogP contribution in [-0.2, 0) is 17.8 Å². The van der Waals surface area contributed by atoms with Crippen molar-refractivity contribution in [2.75, 3.05) is 18.4 Å². The lowest BCUT2D eigenvalue weighted by molar-refractivity contribution is -0.116. The molecule has 0 aliphatic carbocycles. The van der Waals surface area contributed by atoms with Crippen molar-refractivity contribution in [3.8, 4) is 11.3 Å². The van der Waals surface area contributed by atoms with Crippen LogP contribution in [0.2, 0.25) is 0 Å². The summed E-state index contributed by atoms with van der Waals surface area (Å²) >= 11 is 1.46. The first-order chi connectivity index (χ1) is 14.2. The van der Waals surface area contributed by atoms with E-state index in [2.05, 4.69) is 15.2 Å². The Hall–Kier alpha value is -2.51. The Kier molecular flexibility index (Phi) is 6.36. The minimum Gasteiger partial charge on any atom is -0.461 e. The molecule has 1 amide bonds. The molecule has 2 aromatic heterocycles. The molecule has 0 spiro atoms. The number of piperidine rings is 1. The maximum atomic E-state index is 13.9. The van der Waals surface area contributed by atoms with Gasteiger partial charge in [0.1, 0.15) is 17.3 Å². The molecule has 3 heterocycles. The topological polar surface area (TPSA) is 58.4 Å². The second-order valence-electron chi connectivity index (χ2n) is 7.27. The van der Waals surface area contributed by atoms with Crippen LogP contribution in [0.1, 0.15) is 37.1 Å². The number of rotatable bonds is 7. The molecule has 29 heavy (non-hydrogen) atoms. The van der Waals surface area contributed by atoms with Crippen molar-refractivity contribution in [1.29, 1.82) is 0 Å². The molecule has 7 heteroatoms. The lowest BCUT2D eigenvalue weighted by Gasteiger charge is -2.25. The quantitative estimate of drug-likeness (QED) is 0.585. The number of hydrogen-bond donors (Lipinski definition) is 1. The summed E-state index contributed by atoms with van der Waals surface area (Å²) in [6.45, 7) is 3.09. The fourth-order valence-electron chi connectivity index (χ4n) is 3.52. The number of likely N-dealkylation sites (tertiary alicyclic amines) is 1. The maximum Gasteiger partial charge on any atom is 0.226 e. The van der Waals surface area contributed by atoms with E-state index in [1.54, 1.807) is 30.3 Å². The number of amides is 1. The zero-order valence-electron chi connectivity index (χ0n) is 16.2. The second kappa shape index (κ2) is 9.33. The molecule has 1 fully saturated rings. The molecule has 0 atom stereocenters. The molecule has 0 radical (unpaired) electrons. The summed E-state index contributed by atoms with van der Waals surface area (Å²) < 4.78 is 19.6. The Labute approximate surface area is 173 Å². The molecular formula is C22H24FN3O2S. The number of halogens is 1. The Bertz CT molecular complexity index is 962. The number of carbonyl (C=O) groups excluding carboxylic acids is 1. The highest BCUT2D eigenvalue weighted by Gasteiger charge is 2.14. The van der Waals surface area contributed by atoms with Crippen molar-refractivity contribution < 1.29 is 13.6 Å². The highest BCUT2D eigenvalue weighted by Crippen LogP contribution is 2.25. The van der Waals surface area contributed by atoms with Crippen LogP contribution in [0.3, 0.4) is 0 Å². The number of benzene rings is 1. The number of furan rings is 1. The normalized spacial score (nSPS) is 14.8. The number of aryl methyl sites for hydroxylation is 1. The standard InChI is InChI=1S/C22H24FN3O2S/c23-19-7-3-2-6-18(19)20-10-8-17(28-20)9-11-21(27)25-22-24-16(15-29-22)14-26-12-4-1-5-13-26/h2-3,6-8,10,15H,1,4-5,9,11-14H2,(H,24,25,27). The number of carbonyl (C=O) groups is 1. The third-order valence-corrected chi connectivity index (χ3v) is 5.84. The van der Waals surface area contributed by atoms with Gasteiger partial charge in [-0.05, 0) is 50.2 Å². The van der Waals surface area contributed by atoms with Crippen LogP contribution >= 0.6 is 11.3 Å². The molecule has 1 N–H and O–H groups in total. The number of nitrogens with one attached hydrogen (secondary N) is 1. The molecule has 4 rings (SSSR count). The van der Waals surface area contributed by atoms with Crippen molar-refractivity contribution >= 4 is 22.4 Å². The van der Waals surface area contributed by atoms with Crippen molar-refractivity contribution in [2.45, 2.75) is 38.6 Å². The summed E-state index contributed by atoms with van der Waals surface area (Å²) in [6.07, 6.45) is 4.54. The van der Waals surface area contributed by atoms with Gasteiger partial charge in [-0.1, -0.05) is 18.6 Å². The van der Waals surface area contributed by atoms with Gasteiger partial charge in [-0.25, -0.2) is 9.37 Å². The molecular weight excluding hydrogens is 389 g/mol. The van der Waals surface area contributed by atoms with Crippen molar-refractivity contribution in [3.63, 3.8) is 0 Å². The minimum absolute atomic E-state index is 0.104. The molecule has 0 unspecified atom stereocenters.